The predicted molar refractivity (Wildman–Crippen MR) is 86.8 cm³/mol. The maximum Gasteiger partial charge on any atom is 0.124 e. The summed E-state index contributed by atoms with van der Waals surface area (Å²) in [5.74, 6) is 1.74. The van der Waals surface area contributed by atoms with Crippen LogP contribution in [0, 0.1) is 0 Å². The average Bonchev–Trinajstić information content (AvgIpc) is 2.50. The minimum atomic E-state index is -0.413. The number of nitrogens with two attached hydrogens (primary N) is 1. The second kappa shape index (κ2) is 5.70. The number of fused-ring (bicyclic) bond motifs is 1. The van der Waals surface area contributed by atoms with Gasteiger partial charge in [0, 0.05) is 16.5 Å². The van der Waals surface area contributed by atoms with Crippen molar-refractivity contribution < 1.29 is 9.47 Å². The van der Waals surface area contributed by atoms with Gasteiger partial charge in [0.05, 0.1) is 19.3 Å². The van der Waals surface area contributed by atoms with E-state index < -0.39 is 5.54 Å². The van der Waals surface area contributed by atoms with Crippen molar-refractivity contribution >= 4 is 15.9 Å². The molecule has 0 saturated carbocycles. The lowest BCUT2D eigenvalue weighted by atomic mass is 9.80. The van der Waals surface area contributed by atoms with E-state index in [1.165, 1.54) is 0 Å². The van der Waals surface area contributed by atoms with Crippen molar-refractivity contribution in [2.24, 2.45) is 5.73 Å². The zero-order valence-corrected chi connectivity index (χ0v) is 13.5. The largest absolute Gasteiger partial charge is 0.497 e. The highest BCUT2D eigenvalue weighted by molar-refractivity contribution is 9.10. The molecule has 2 N–H and O–H groups in total. The van der Waals surface area contributed by atoms with Crippen LogP contribution in [0.3, 0.4) is 0 Å². The maximum absolute atomic E-state index is 6.72. The lowest BCUT2D eigenvalue weighted by molar-refractivity contribution is 0.215. The van der Waals surface area contributed by atoms with Gasteiger partial charge in [-0.3, -0.25) is 0 Å². The van der Waals surface area contributed by atoms with E-state index in [1.54, 1.807) is 7.11 Å². The van der Waals surface area contributed by atoms with E-state index in [0.717, 1.165) is 39.9 Å². The molecule has 3 rings (SSSR count). The van der Waals surface area contributed by atoms with E-state index in [1.807, 2.05) is 36.4 Å². The summed E-state index contributed by atoms with van der Waals surface area (Å²) in [6.07, 6.45) is 1.54. The molecule has 0 spiro atoms. The number of methoxy groups -OCH3 is 1. The zero-order chi connectivity index (χ0) is 14.9. The fourth-order valence-electron chi connectivity index (χ4n) is 2.82. The summed E-state index contributed by atoms with van der Waals surface area (Å²) < 4.78 is 12.1. The topological polar surface area (TPSA) is 44.5 Å². The highest BCUT2D eigenvalue weighted by atomic mass is 79.9. The molecule has 0 fully saturated rings. The van der Waals surface area contributed by atoms with Crippen molar-refractivity contribution in [3.8, 4) is 11.5 Å². The molecule has 2 aromatic carbocycles. The van der Waals surface area contributed by atoms with Gasteiger partial charge in [-0.1, -0.05) is 34.1 Å². The molecular weight excluding hydrogens is 330 g/mol. The molecular formula is C17H18BrNO2. The molecule has 1 heterocycles. The molecule has 21 heavy (non-hydrogen) atoms. The van der Waals surface area contributed by atoms with Crippen molar-refractivity contribution in [1.82, 2.24) is 0 Å². The van der Waals surface area contributed by atoms with Crippen LogP contribution in [0.25, 0.3) is 0 Å². The van der Waals surface area contributed by atoms with Gasteiger partial charge < -0.3 is 15.2 Å². The fraction of sp³-hybridized carbons (Fsp3) is 0.294. The van der Waals surface area contributed by atoms with E-state index in [9.17, 15) is 0 Å². The van der Waals surface area contributed by atoms with E-state index in [0.29, 0.717) is 6.61 Å². The Kier molecular flexibility index (Phi) is 3.91. The number of para-hydroxylation sites is 1. The molecule has 0 radical (unpaired) electrons. The van der Waals surface area contributed by atoms with Gasteiger partial charge in [0.1, 0.15) is 11.5 Å². The van der Waals surface area contributed by atoms with Crippen LogP contribution in [0.4, 0.5) is 0 Å². The smallest absolute Gasteiger partial charge is 0.124 e. The van der Waals surface area contributed by atoms with Gasteiger partial charge in [0.25, 0.3) is 0 Å². The molecule has 1 aliphatic rings. The number of hydrogen-bond acceptors (Lipinski definition) is 3. The number of benzene rings is 2. The molecule has 3 nitrogen and oxygen atoms in total. The molecule has 0 bridgehead atoms. The molecule has 2 aromatic rings. The van der Waals surface area contributed by atoms with Crippen LogP contribution in [0.2, 0.25) is 0 Å². The Morgan fingerprint density at radius 3 is 2.90 bits per heavy atom. The Balaban J connectivity index is 1.98. The SMILES string of the molecule is COc1ccc(Br)c(CC2(N)CCOc3ccccc32)c1. The van der Waals surface area contributed by atoms with Gasteiger partial charge in [-0.05, 0) is 36.2 Å². The normalized spacial score (nSPS) is 20.5. The zero-order valence-electron chi connectivity index (χ0n) is 11.9. The molecule has 1 unspecified atom stereocenters. The number of ether oxygens (including phenoxy) is 2. The van der Waals surface area contributed by atoms with Gasteiger partial charge >= 0.3 is 0 Å². The highest BCUT2D eigenvalue weighted by Gasteiger charge is 2.34. The van der Waals surface area contributed by atoms with Gasteiger partial charge in [0.15, 0.2) is 0 Å². The van der Waals surface area contributed by atoms with Crippen LogP contribution in [0.5, 0.6) is 11.5 Å². The summed E-state index contributed by atoms with van der Waals surface area (Å²) in [6, 6.07) is 14.0. The fourth-order valence-corrected chi connectivity index (χ4v) is 3.21. The van der Waals surface area contributed by atoms with Gasteiger partial charge in [0.2, 0.25) is 0 Å². The first-order valence-corrected chi connectivity index (χ1v) is 7.75. The minimum Gasteiger partial charge on any atom is -0.497 e. The summed E-state index contributed by atoms with van der Waals surface area (Å²) in [7, 11) is 1.68. The number of halogens is 1. The van der Waals surface area contributed by atoms with Crippen LogP contribution in [0.15, 0.2) is 46.9 Å². The third-order valence-corrected chi connectivity index (χ3v) is 4.76. The lowest BCUT2D eigenvalue weighted by Crippen LogP contribution is -2.43. The van der Waals surface area contributed by atoms with Crippen molar-refractivity contribution in [2.45, 2.75) is 18.4 Å². The van der Waals surface area contributed by atoms with E-state index in [4.69, 9.17) is 15.2 Å². The Hall–Kier alpha value is -1.52. The van der Waals surface area contributed by atoms with Crippen LogP contribution in [0.1, 0.15) is 17.5 Å². The van der Waals surface area contributed by atoms with Crippen LogP contribution in [-0.4, -0.2) is 13.7 Å². The van der Waals surface area contributed by atoms with Crippen LogP contribution < -0.4 is 15.2 Å². The minimum absolute atomic E-state index is 0.413. The summed E-state index contributed by atoms with van der Waals surface area (Å²) >= 11 is 3.61. The molecule has 0 aromatic heterocycles. The first kappa shape index (κ1) is 14.4. The molecule has 1 aliphatic heterocycles. The molecule has 0 amide bonds. The maximum atomic E-state index is 6.72. The van der Waals surface area contributed by atoms with E-state index in [2.05, 4.69) is 22.0 Å². The van der Waals surface area contributed by atoms with Crippen molar-refractivity contribution in [3.63, 3.8) is 0 Å². The number of hydrogen-bond donors (Lipinski definition) is 1. The first-order valence-electron chi connectivity index (χ1n) is 6.96. The quantitative estimate of drug-likeness (QED) is 0.921. The van der Waals surface area contributed by atoms with Gasteiger partial charge in [-0.25, -0.2) is 0 Å². The molecule has 4 heteroatoms. The lowest BCUT2D eigenvalue weighted by Gasteiger charge is -2.36. The van der Waals surface area contributed by atoms with Crippen LogP contribution in [-0.2, 0) is 12.0 Å². The Bertz CT molecular complexity index is 659. The van der Waals surface area contributed by atoms with Crippen LogP contribution >= 0.6 is 15.9 Å². The third-order valence-electron chi connectivity index (χ3n) is 3.99. The molecule has 1 atom stereocenters. The standard InChI is InChI=1S/C17H18BrNO2/c1-20-13-6-7-15(18)12(10-13)11-17(19)8-9-21-16-5-3-2-4-14(16)17/h2-7,10H,8-9,11,19H2,1H3. The molecule has 110 valence electrons. The van der Waals surface area contributed by atoms with E-state index >= 15 is 0 Å². The summed E-state index contributed by atoms with van der Waals surface area (Å²) in [4.78, 5) is 0. The predicted octanol–water partition coefficient (Wildman–Crippen LogP) is 3.64. The summed E-state index contributed by atoms with van der Waals surface area (Å²) in [5.41, 5.74) is 8.53. The van der Waals surface area contributed by atoms with Gasteiger partial charge in [-0.15, -0.1) is 0 Å². The monoisotopic (exact) mass is 347 g/mol. The Morgan fingerprint density at radius 2 is 2.10 bits per heavy atom. The second-order valence-corrected chi connectivity index (χ2v) is 6.24. The Labute approximate surface area is 133 Å². The summed E-state index contributed by atoms with van der Waals surface area (Å²) in [5, 5.41) is 0. The van der Waals surface area contributed by atoms with Crippen molar-refractivity contribution in [2.75, 3.05) is 13.7 Å². The molecule has 0 aliphatic carbocycles. The average molecular weight is 348 g/mol. The van der Waals surface area contributed by atoms with Crippen molar-refractivity contribution in [3.05, 3.63) is 58.1 Å². The molecule has 0 saturated heterocycles. The first-order chi connectivity index (χ1) is 10.1. The summed E-state index contributed by atoms with van der Waals surface area (Å²) in [6.45, 7) is 0.648. The third kappa shape index (κ3) is 2.78. The van der Waals surface area contributed by atoms with Gasteiger partial charge in [-0.2, -0.15) is 0 Å². The number of rotatable bonds is 3. The van der Waals surface area contributed by atoms with E-state index in [-0.39, 0.29) is 0 Å². The second-order valence-electron chi connectivity index (χ2n) is 5.38. The highest BCUT2D eigenvalue weighted by Crippen LogP contribution is 2.38. The Morgan fingerprint density at radius 1 is 1.29 bits per heavy atom. The van der Waals surface area contributed by atoms with Crippen molar-refractivity contribution in [1.29, 1.82) is 0 Å².